The summed E-state index contributed by atoms with van der Waals surface area (Å²) in [5.74, 6) is -1.88. The second kappa shape index (κ2) is 2.77. The van der Waals surface area contributed by atoms with Gasteiger partial charge in [-0.1, -0.05) is 0 Å². The van der Waals surface area contributed by atoms with Crippen molar-refractivity contribution in [1.82, 2.24) is 0 Å². The zero-order chi connectivity index (χ0) is 9.30. The van der Waals surface area contributed by atoms with Gasteiger partial charge in [0.1, 0.15) is 0 Å². The Labute approximate surface area is 67.4 Å². The van der Waals surface area contributed by atoms with E-state index in [0.717, 1.165) is 12.1 Å². The van der Waals surface area contributed by atoms with Gasteiger partial charge in [-0.2, -0.15) is 4.39 Å². The lowest BCUT2D eigenvalue weighted by molar-refractivity contribution is -0.387. The number of phenols is 1. The lowest BCUT2D eigenvalue weighted by Gasteiger charge is -1.98. The van der Waals surface area contributed by atoms with Crippen LogP contribution in [0.1, 0.15) is 5.56 Å². The van der Waals surface area contributed by atoms with Crippen molar-refractivity contribution in [2.45, 2.75) is 6.92 Å². The summed E-state index contributed by atoms with van der Waals surface area (Å²) in [7, 11) is 0. The van der Waals surface area contributed by atoms with Crippen LogP contribution in [0.15, 0.2) is 12.1 Å². The Bertz CT molecular complexity index is 338. The third-order valence-electron chi connectivity index (χ3n) is 1.38. The molecule has 64 valence electrons. The number of hydrogen-bond donors (Lipinski definition) is 1. The lowest BCUT2D eigenvalue weighted by atomic mass is 10.2. The minimum Gasteiger partial charge on any atom is -0.505 e. The van der Waals surface area contributed by atoms with Gasteiger partial charge in [0.05, 0.1) is 4.92 Å². The third-order valence-corrected chi connectivity index (χ3v) is 1.38. The molecule has 0 heterocycles. The first-order valence-corrected chi connectivity index (χ1v) is 3.16. The molecule has 1 N–H and O–H groups in total. The van der Waals surface area contributed by atoms with Crippen molar-refractivity contribution in [1.29, 1.82) is 0 Å². The summed E-state index contributed by atoms with van der Waals surface area (Å²) in [4.78, 5) is 9.31. The van der Waals surface area contributed by atoms with Gasteiger partial charge in [-0.3, -0.25) is 10.1 Å². The zero-order valence-electron chi connectivity index (χ0n) is 6.24. The molecule has 0 saturated heterocycles. The first kappa shape index (κ1) is 8.45. The molecular formula is C7H6FNO3. The van der Waals surface area contributed by atoms with E-state index >= 15 is 0 Å². The zero-order valence-corrected chi connectivity index (χ0v) is 6.24. The quantitative estimate of drug-likeness (QED) is 0.517. The Hall–Kier alpha value is -1.65. The Kier molecular flexibility index (Phi) is 1.95. The van der Waals surface area contributed by atoms with E-state index < -0.39 is 22.2 Å². The minimum absolute atomic E-state index is 0.445. The van der Waals surface area contributed by atoms with Crippen LogP contribution in [0.4, 0.5) is 10.1 Å². The van der Waals surface area contributed by atoms with Crippen LogP contribution in [0.3, 0.4) is 0 Å². The molecule has 0 amide bonds. The Morgan fingerprint density at radius 3 is 2.67 bits per heavy atom. The predicted octanol–water partition coefficient (Wildman–Crippen LogP) is 1.75. The number of nitro benzene ring substituents is 1. The number of benzene rings is 1. The van der Waals surface area contributed by atoms with E-state index in [2.05, 4.69) is 0 Å². The van der Waals surface area contributed by atoms with E-state index in [9.17, 15) is 14.5 Å². The monoisotopic (exact) mass is 171 g/mol. The van der Waals surface area contributed by atoms with Crippen LogP contribution in [0, 0.1) is 22.9 Å². The summed E-state index contributed by atoms with van der Waals surface area (Å²) in [6.45, 7) is 1.53. The molecule has 0 fully saturated rings. The molecular weight excluding hydrogens is 165 g/mol. The van der Waals surface area contributed by atoms with Crippen molar-refractivity contribution in [3.63, 3.8) is 0 Å². The van der Waals surface area contributed by atoms with E-state index in [1.165, 1.54) is 6.92 Å². The number of hydrogen-bond acceptors (Lipinski definition) is 3. The van der Waals surface area contributed by atoms with Crippen molar-refractivity contribution in [2.75, 3.05) is 0 Å². The summed E-state index contributed by atoms with van der Waals surface area (Å²) in [6.07, 6.45) is 0. The SMILES string of the molecule is Cc1cc(O)c(F)c([N+](=O)[O-])c1. The molecule has 1 aromatic carbocycles. The molecule has 1 rings (SSSR count). The van der Waals surface area contributed by atoms with Gasteiger partial charge in [-0.15, -0.1) is 0 Å². The number of nitro groups is 1. The van der Waals surface area contributed by atoms with E-state index in [4.69, 9.17) is 5.11 Å². The largest absolute Gasteiger partial charge is 0.505 e. The number of phenolic OH excluding ortho intramolecular Hbond substituents is 1. The summed E-state index contributed by atoms with van der Waals surface area (Å²) >= 11 is 0. The molecule has 0 unspecified atom stereocenters. The Balaban J connectivity index is 3.37. The highest BCUT2D eigenvalue weighted by Crippen LogP contribution is 2.26. The van der Waals surface area contributed by atoms with Crippen LogP contribution in [-0.4, -0.2) is 10.0 Å². The smallest absolute Gasteiger partial charge is 0.308 e. The molecule has 5 heteroatoms. The van der Waals surface area contributed by atoms with Crippen LogP contribution < -0.4 is 0 Å². The fourth-order valence-corrected chi connectivity index (χ4v) is 0.864. The van der Waals surface area contributed by atoms with Crippen molar-refractivity contribution in [3.05, 3.63) is 33.6 Å². The summed E-state index contributed by atoms with van der Waals surface area (Å²) in [5, 5.41) is 19.0. The van der Waals surface area contributed by atoms with Gasteiger partial charge in [0.25, 0.3) is 0 Å². The van der Waals surface area contributed by atoms with Gasteiger partial charge in [0, 0.05) is 6.07 Å². The van der Waals surface area contributed by atoms with Crippen molar-refractivity contribution in [2.24, 2.45) is 0 Å². The highest BCUT2D eigenvalue weighted by Gasteiger charge is 2.17. The average molecular weight is 171 g/mol. The fourth-order valence-electron chi connectivity index (χ4n) is 0.864. The average Bonchev–Trinajstić information content (AvgIpc) is 1.96. The molecule has 0 aliphatic heterocycles. The number of halogens is 1. The first-order chi connectivity index (χ1) is 5.52. The van der Waals surface area contributed by atoms with Crippen molar-refractivity contribution >= 4 is 5.69 Å². The van der Waals surface area contributed by atoms with Gasteiger partial charge in [-0.05, 0) is 18.6 Å². The maximum Gasteiger partial charge on any atom is 0.308 e. The number of nitrogens with zero attached hydrogens (tertiary/aromatic N) is 1. The first-order valence-electron chi connectivity index (χ1n) is 3.16. The number of rotatable bonds is 1. The molecule has 4 nitrogen and oxygen atoms in total. The second-order valence-corrected chi connectivity index (χ2v) is 2.37. The van der Waals surface area contributed by atoms with Crippen LogP contribution in [0.5, 0.6) is 5.75 Å². The summed E-state index contributed by atoms with van der Waals surface area (Å²) < 4.78 is 12.7. The van der Waals surface area contributed by atoms with E-state index in [0.29, 0.717) is 5.56 Å². The summed E-state index contributed by atoms with van der Waals surface area (Å²) in [6, 6.07) is 2.19. The molecule has 0 aliphatic rings. The van der Waals surface area contributed by atoms with Crippen LogP contribution in [0.25, 0.3) is 0 Å². The van der Waals surface area contributed by atoms with Crippen LogP contribution in [0.2, 0.25) is 0 Å². The maximum atomic E-state index is 12.7. The third kappa shape index (κ3) is 1.34. The van der Waals surface area contributed by atoms with E-state index in [1.54, 1.807) is 0 Å². The topological polar surface area (TPSA) is 63.4 Å². The van der Waals surface area contributed by atoms with Gasteiger partial charge in [0.2, 0.25) is 5.82 Å². The lowest BCUT2D eigenvalue weighted by Crippen LogP contribution is -1.93. The second-order valence-electron chi connectivity index (χ2n) is 2.37. The molecule has 0 atom stereocenters. The summed E-state index contributed by atoms with van der Waals surface area (Å²) in [5.41, 5.74) is -0.256. The normalized spacial score (nSPS) is 9.83. The van der Waals surface area contributed by atoms with Gasteiger partial charge in [-0.25, -0.2) is 0 Å². The van der Waals surface area contributed by atoms with E-state index in [-0.39, 0.29) is 0 Å². The fraction of sp³-hybridized carbons (Fsp3) is 0.143. The predicted molar refractivity (Wildman–Crippen MR) is 39.5 cm³/mol. The van der Waals surface area contributed by atoms with Gasteiger partial charge in [0.15, 0.2) is 5.75 Å². The Morgan fingerprint density at radius 2 is 2.17 bits per heavy atom. The minimum atomic E-state index is -1.19. The van der Waals surface area contributed by atoms with Crippen LogP contribution in [-0.2, 0) is 0 Å². The number of aromatic hydroxyl groups is 1. The van der Waals surface area contributed by atoms with E-state index in [1.807, 2.05) is 0 Å². The molecule has 1 aromatic rings. The Morgan fingerprint density at radius 1 is 1.58 bits per heavy atom. The number of aryl methyl sites for hydroxylation is 1. The highest BCUT2D eigenvalue weighted by molar-refractivity contribution is 5.43. The molecule has 0 saturated carbocycles. The molecule has 12 heavy (non-hydrogen) atoms. The highest BCUT2D eigenvalue weighted by atomic mass is 19.1. The molecule has 0 aromatic heterocycles. The molecule has 0 aliphatic carbocycles. The van der Waals surface area contributed by atoms with Crippen LogP contribution >= 0.6 is 0 Å². The maximum absolute atomic E-state index is 12.7. The van der Waals surface area contributed by atoms with Crippen molar-refractivity contribution in [3.8, 4) is 5.75 Å². The van der Waals surface area contributed by atoms with Gasteiger partial charge >= 0.3 is 5.69 Å². The molecule has 0 spiro atoms. The van der Waals surface area contributed by atoms with Gasteiger partial charge < -0.3 is 5.11 Å². The molecule has 0 bridgehead atoms. The van der Waals surface area contributed by atoms with Crippen molar-refractivity contribution < 1.29 is 14.4 Å². The molecule has 0 radical (unpaired) electrons. The standard InChI is InChI=1S/C7H6FNO3/c1-4-2-5(9(11)12)7(8)6(10)3-4/h2-3,10H,1H3.